The molecule has 7 aromatic rings. The molecular formula is C49H47N4O+. The van der Waals surface area contributed by atoms with E-state index in [1.54, 1.807) is 0 Å². The third kappa shape index (κ3) is 3.82. The van der Waals surface area contributed by atoms with Crippen molar-refractivity contribution in [3.05, 3.63) is 143 Å². The summed E-state index contributed by atoms with van der Waals surface area (Å²) in [5, 5.41) is 2.51. The van der Waals surface area contributed by atoms with Crippen LogP contribution in [0.2, 0.25) is 0 Å². The van der Waals surface area contributed by atoms with E-state index in [0.717, 1.165) is 11.5 Å². The Morgan fingerprint density at radius 2 is 1.19 bits per heavy atom. The first-order chi connectivity index (χ1) is 25.7. The molecule has 0 amide bonds. The first kappa shape index (κ1) is 31.9. The lowest BCUT2D eigenvalue weighted by molar-refractivity contribution is -0.741. The van der Waals surface area contributed by atoms with Crippen molar-refractivity contribution < 1.29 is 9.30 Å². The largest absolute Gasteiger partial charge is 0.456 e. The Morgan fingerprint density at radius 3 is 1.89 bits per heavy atom. The third-order valence-electron chi connectivity index (χ3n) is 12.6. The lowest BCUT2D eigenvalue weighted by Crippen LogP contribution is -2.70. The van der Waals surface area contributed by atoms with Crippen LogP contribution in [0.15, 0.2) is 115 Å². The van der Waals surface area contributed by atoms with Gasteiger partial charge >= 0.3 is 0 Å². The van der Waals surface area contributed by atoms with Crippen molar-refractivity contribution in [1.82, 2.24) is 4.57 Å². The highest BCUT2D eigenvalue weighted by Crippen LogP contribution is 2.67. The summed E-state index contributed by atoms with van der Waals surface area (Å²) in [6.45, 7) is 21.0. The number of ether oxygens (including phenoxy) is 1. The predicted octanol–water partition coefficient (Wildman–Crippen LogP) is 11.8. The van der Waals surface area contributed by atoms with Gasteiger partial charge in [0, 0.05) is 22.5 Å². The van der Waals surface area contributed by atoms with Gasteiger partial charge in [-0.05, 0) is 99.7 Å². The van der Waals surface area contributed by atoms with E-state index in [1.165, 1.54) is 78.2 Å². The molecule has 0 N–H and O–H groups in total. The van der Waals surface area contributed by atoms with Crippen LogP contribution in [-0.4, -0.2) is 10.7 Å². The van der Waals surface area contributed by atoms with E-state index in [-0.39, 0.29) is 22.4 Å². The summed E-state index contributed by atoms with van der Waals surface area (Å²) in [6.07, 6.45) is 2.22. The molecular weight excluding hydrogens is 661 g/mol. The molecule has 0 bridgehead atoms. The number of pyridine rings is 1. The number of nitrogens with zero attached hydrogens (tertiary/aromatic N) is 4. The standard InChI is InChI=1S/C49H47N4O/c1-46(2,3)29-23-24-50-41(28-29)53-35-16-11-10-15-33(35)34-21-22-40-43(44(34)53)49(50)42-38(19-14-20-39(42)54-40)52-37-18-13-12-17-36(37)51(45(49)52)32-26-30(47(4,5)6)25-31(27-32)48(7,8)9/h10-28,45H,1-9H3/q+1. The highest BCUT2D eigenvalue weighted by atomic mass is 16.5. The first-order valence-electron chi connectivity index (χ1n) is 19.5. The van der Waals surface area contributed by atoms with E-state index >= 15 is 0 Å². The smallest absolute Gasteiger partial charge is 0.288 e. The predicted molar refractivity (Wildman–Crippen MR) is 221 cm³/mol. The Balaban J connectivity index is 1.34. The van der Waals surface area contributed by atoms with Gasteiger partial charge in [0.25, 0.3) is 5.82 Å². The second-order valence-electron chi connectivity index (χ2n) is 19.0. The lowest BCUT2D eigenvalue weighted by atomic mass is 9.75. The van der Waals surface area contributed by atoms with Crippen molar-refractivity contribution in [1.29, 1.82) is 0 Å². The van der Waals surface area contributed by atoms with Crippen LogP contribution in [0.4, 0.5) is 22.7 Å². The van der Waals surface area contributed by atoms with Gasteiger partial charge in [0.2, 0.25) is 5.54 Å². The molecule has 6 heterocycles. The highest BCUT2D eigenvalue weighted by molar-refractivity contribution is 6.12. The Bertz CT molecular complexity index is 2750. The molecule has 5 heteroatoms. The van der Waals surface area contributed by atoms with E-state index in [1.807, 2.05) is 0 Å². The summed E-state index contributed by atoms with van der Waals surface area (Å²) in [6, 6.07) is 41.3. The van der Waals surface area contributed by atoms with Crippen LogP contribution in [0.1, 0.15) is 90.1 Å². The first-order valence-corrected chi connectivity index (χ1v) is 19.5. The molecule has 0 saturated carbocycles. The summed E-state index contributed by atoms with van der Waals surface area (Å²) in [4.78, 5) is 5.29. The fraction of sp³-hybridized carbons (Fsp3) is 0.286. The number of hydrogen-bond donors (Lipinski definition) is 0. The lowest BCUT2D eigenvalue weighted by Gasteiger charge is -2.44. The molecule has 5 aromatic carbocycles. The van der Waals surface area contributed by atoms with Gasteiger partial charge in [-0.3, -0.25) is 0 Å². The summed E-state index contributed by atoms with van der Waals surface area (Å²) in [7, 11) is 0. The van der Waals surface area contributed by atoms with E-state index in [4.69, 9.17) is 4.74 Å². The monoisotopic (exact) mass is 707 g/mol. The van der Waals surface area contributed by atoms with Crippen molar-refractivity contribution in [3.63, 3.8) is 0 Å². The maximum absolute atomic E-state index is 7.07. The number of hydrogen-bond acceptors (Lipinski definition) is 3. The molecule has 0 aliphatic carbocycles. The van der Waals surface area contributed by atoms with Crippen LogP contribution in [0.5, 0.6) is 11.5 Å². The summed E-state index contributed by atoms with van der Waals surface area (Å²) in [5.74, 6) is 3.02. The van der Waals surface area contributed by atoms with Gasteiger partial charge in [0.1, 0.15) is 17.0 Å². The SMILES string of the molecule is CC(C)(C)c1cc(N2c3ccccc3N3c4cccc5c4C4(c6c(ccc7c8ccccc8n(c67)-c6cc(C(C)(C)C)cc[n+]64)O5)C23)cc(C(C)(C)C)c1. The van der Waals surface area contributed by atoms with Gasteiger partial charge in [-0.15, -0.1) is 0 Å². The Labute approximate surface area is 318 Å². The van der Waals surface area contributed by atoms with Crippen molar-refractivity contribution in [2.45, 2.75) is 90.3 Å². The van der Waals surface area contributed by atoms with Crippen LogP contribution in [-0.2, 0) is 21.8 Å². The molecule has 0 radical (unpaired) electrons. The molecule has 4 aliphatic rings. The van der Waals surface area contributed by atoms with Crippen LogP contribution in [0.3, 0.4) is 0 Å². The molecule has 2 atom stereocenters. The van der Waals surface area contributed by atoms with Gasteiger partial charge in [-0.1, -0.05) is 98.7 Å². The molecule has 2 aromatic heterocycles. The van der Waals surface area contributed by atoms with Crippen molar-refractivity contribution >= 4 is 44.6 Å². The minimum Gasteiger partial charge on any atom is -0.456 e. The fourth-order valence-electron chi connectivity index (χ4n) is 9.99. The number of aromatic nitrogens is 2. The maximum Gasteiger partial charge on any atom is 0.288 e. The van der Waals surface area contributed by atoms with Crippen molar-refractivity contribution in [3.8, 4) is 17.3 Å². The third-order valence-corrected chi connectivity index (χ3v) is 12.6. The topological polar surface area (TPSA) is 24.5 Å². The zero-order valence-electron chi connectivity index (χ0n) is 32.7. The number of para-hydroxylation sites is 3. The number of rotatable bonds is 1. The van der Waals surface area contributed by atoms with Crippen LogP contribution in [0, 0.1) is 0 Å². The van der Waals surface area contributed by atoms with Gasteiger partial charge < -0.3 is 14.5 Å². The van der Waals surface area contributed by atoms with Crippen LogP contribution < -0.4 is 19.1 Å². The molecule has 11 rings (SSSR count). The second-order valence-corrected chi connectivity index (χ2v) is 19.0. The van der Waals surface area contributed by atoms with Gasteiger partial charge in [-0.25, -0.2) is 4.57 Å². The van der Waals surface area contributed by atoms with Gasteiger partial charge in [-0.2, -0.15) is 4.57 Å². The highest BCUT2D eigenvalue weighted by Gasteiger charge is 2.69. The van der Waals surface area contributed by atoms with Crippen LogP contribution >= 0.6 is 0 Å². The molecule has 2 unspecified atom stereocenters. The Kier molecular flexibility index (Phi) is 5.88. The van der Waals surface area contributed by atoms with E-state index < -0.39 is 5.54 Å². The number of anilines is 4. The molecule has 5 nitrogen and oxygen atoms in total. The van der Waals surface area contributed by atoms with E-state index in [9.17, 15) is 0 Å². The van der Waals surface area contributed by atoms with Gasteiger partial charge in [0.05, 0.1) is 34.4 Å². The molecule has 1 spiro atoms. The van der Waals surface area contributed by atoms with Gasteiger partial charge in [0.15, 0.2) is 11.7 Å². The number of fused-ring (bicyclic) bond motifs is 9. The minimum absolute atomic E-state index is 0.0348. The molecule has 0 fully saturated rings. The fourth-order valence-corrected chi connectivity index (χ4v) is 9.99. The van der Waals surface area contributed by atoms with E-state index in [2.05, 4.69) is 197 Å². The van der Waals surface area contributed by atoms with Crippen molar-refractivity contribution in [2.75, 3.05) is 9.80 Å². The normalized spacial score (nSPS) is 19.2. The molecule has 4 aliphatic heterocycles. The molecule has 54 heavy (non-hydrogen) atoms. The quantitative estimate of drug-likeness (QED) is 0.159. The number of benzene rings is 5. The average molecular weight is 708 g/mol. The second kappa shape index (κ2) is 9.95. The average Bonchev–Trinajstić information content (AvgIpc) is 3.76. The molecule has 0 saturated heterocycles. The maximum atomic E-state index is 7.07. The van der Waals surface area contributed by atoms with Crippen molar-refractivity contribution in [2.24, 2.45) is 0 Å². The summed E-state index contributed by atoms with van der Waals surface area (Å²) < 4.78 is 12.2. The summed E-state index contributed by atoms with van der Waals surface area (Å²) in [5.41, 5.74) is 13.0. The zero-order valence-corrected chi connectivity index (χ0v) is 32.7. The summed E-state index contributed by atoms with van der Waals surface area (Å²) >= 11 is 0. The van der Waals surface area contributed by atoms with Crippen LogP contribution in [0.25, 0.3) is 27.6 Å². The van der Waals surface area contributed by atoms with E-state index in [0.29, 0.717) is 0 Å². The zero-order chi connectivity index (χ0) is 37.3. The Morgan fingerprint density at radius 1 is 0.556 bits per heavy atom. The Hall–Kier alpha value is -5.55. The minimum atomic E-state index is -0.673. The molecule has 268 valence electrons.